The molecule has 2 heterocycles. The number of fused-ring (bicyclic) bond motifs is 1. The molecule has 0 aliphatic carbocycles. The summed E-state index contributed by atoms with van der Waals surface area (Å²) in [6.07, 6.45) is 13.3. The van der Waals surface area contributed by atoms with E-state index in [1.807, 2.05) is 0 Å². The number of rotatable bonds is 16. The van der Waals surface area contributed by atoms with Crippen molar-refractivity contribution < 1.29 is 9.59 Å². The fraction of sp³-hybridized carbons (Fsp3) is 0.808. The molecule has 0 fully saturated rings. The zero-order valence-electron chi connectivity index (χ0n) is 22.2. The second kappa shape index (κ2) is 17.1. The van der Waals surface area contributed by atoms with Crippen LogP contribution in [0.3, 0.4) is 0 Å². The molecule has 0 N–H and O–H groups in total. The van der Waals surface area contributed by atoms with E-state index in [9.17, 15) is 5.11 Å². The summed E-state index contributed by atoms with van der Waals surface area (Å²) in [4.78, 5) is 8.37. The van der Waals surface area contributed by atoms with Crippen molar-refractivity contribution in [2.24, 2.45) is 0 Å². The number of hydrogen-bond donors (Lipinski definition) is 0. The second-order valence-corrected chi connectivity index (χ2v) is 10.3. The summed E-state index contributed by atoms with van der Waals surface area (Å²) in [7, 11) is 0. The van der Waals surface area contributed by atoms with Gasteiger partial charge in [-0.05, 0) is 51.0 Å². The smallest absolute Gasteiger partial charge is 0.252 e. The van der Waals surface area contributed by atoms with Gasteiger partial charge >= 0.3 is 0 Å². The van der Waals surface area contributed by atoms with Crippen LogP contribution in [0.15, 0.2) is 11.2 Å². The maximum Gasteiger partial charge on any atom is 0.252 e. The van der Waals surface area contributed by atoms with E-state index in [0.717, 1.165) is 18.6 Å². The first kappa shape index (κ1) is 29.7. The second-order valence-electron chi connectivity index (χ2n) is 9.19. The quantitative estimate of drug-likeness (QED) is 0.158. The van der Waals surface area contributed by atoms with Gasteiger partial charge in [-0.15, -0.1) is 5.10 Å². The zero-order valence-corrected chi connectivity index (χ0v) is 23.1. The third-order valence-corrected chi connectivity index (χ3v) is 6.99. The zero-order chi connectivity index (χ0) is 24.5. The topological polar surface area (TPSA) is 66.1 Å². The van der Waals surface area contributed by atoms with Crippen LogP contribution in [0, 0.1) is 6.92 Å². The Bertz CT molecular complexity index is 727. The van der Waals surface area contributed by atoms with Crippen molar-refractivity contribution in [2.45, 2.75) is 111 Å². The Labute approximate surface area is 207 Å². The van der Waals surface area contributed by atoms with E-state index in [2.05, 4.69) is 49.7 Å². The number of unbranched alkanes of at least 4 members (excludes halogenated alkanes) is 5. The summed E-state index contributed by atoms with van der Waals surface area (Å²) in [6.45, 7) is 18.9. The van der Waals surface area contributed by atoms with Crippen molar-refractivity contribution in [3.05, 3.63) is 11.8 Å². The lowest BCUT2D eigenvalue weighted by molar-refractivity contribution is -0.929. The number of aryl methyl sites for hydroxylation is 1. The highest BCUT2D eigenvalue weighted by Gasteiger charge is 2.24. The first-order chi connectivity index (χ1) is 15.9. The SMILES string of the molecule is CCCCSc1nc2nc(C)cc([O-])n2n1.CCCC[N+](CCCC)(CCCC)CCCC. The Kier molecular flexibility index (Phi) is 15.4. The summed E-state index contributed by atoms with van der Waals surface area (Å²) in [5, 5.41) is 16.3. The van der Waals surface area contributed by atoms with Crippen LogP contribution in [-0.2, 0) is 0 Å². The van der Waals surface area contributed by atoms with Crippen LogP contribution >= 0.6 is 11.8 Å². The Hall–Kier alpha value is -1.34. The summed E-state index contributed by atoms with van der Waals surface area (Å²) in [5.74, 6) is 1.20. The van der Waals surface area contributed by atoms with Crippen LogP contribution in [0.25, 0.3) is 5.78 Å². The van der Waals surface area contributed by atoms with E-state index >= 15 is 0 Å². The van der Waals surface area contributed by atoms with Crippen molar-refractivity contribution in [1.82, 2.24) is 19.6 Å². The third-order valence-electron chi connectivity index (χ3n) is 6.06. The molecule has 0 saturated carbocycles. The molecule has 0 aromatic carbocycles. The standard InChI is InChI=1S/C16H36N.C10H14N4OS/c1-5-9-13-17(14-10-6-2,15-11-7-3)16-12-8-4;1-3-4-5-16-10-12-9-11-7(2)6-8(15)14(9)13-10/h5-16H2,1-4H3;6,15H,3-5H2,1-2H3/q+1;/p-1. The van der Waals surface area contributed by atoms with Gasteiger partial charge in [0.15, 0.2) is 0 Å². The van der Waals surface area contributed by atoms with Gasteiger partial charge in [0, 0.05) is 11.4 Å². The normalized spacial score (nSPS) is 11.6. The fourth-order valence-corrected chi connectivity index (χ4v) is 4.85. The van der Waals surface area contributed by atoms with Crippen LogP contribution in [-0.4, -0.2) is 56.0 Å². The van der Waals surface area contributed by atoms with Crippen LogP contribution in [0.5, 0.6) is 5.88 Å². The monoisotopic (exact) mass is 479 g/mol. The van der Waals surface area contributed by atoms with Gasteiger partial charge in [-0.25, -0.2) is 9.50 Å². The Morgan fingerprint density at radius 1 is 0.788 bits per heavy atom. The van der Waals surface area contributed by atoms with Gasteiger partial charge < -0.3 is 9.59 Å². The molecule has 0 atom stereocenters. The van der Waals surface area contributed by atoms with Crippen molar-refractivity contribution >= 4 is 17.5 Å². The maximum absolute atomic E-state index is 11.6. The van der Waals surface area contributed by atoms with Gasteiger partial charge in [0.2, 0.25) is 5.16 Å². The maximum atomic E-state index is 11.6. The Morgan fingerprint density at radius 2 is 1.27 bits per heavy atom. The molecule has 2 aromatic heterocycles. The highest BCUT2D eigenvalue weighted by atomic mass is 32.2. The highest BCUT2D eigenvalue weighted by molar-refractivity contribution is 7.99. The molecule has 0 bridgehead atoms. The molecular weight excluding hydrogens is 430 g/mol. The van der Waals surface area contributed by atoms with E-state index in [1.165, 1.54) is 92.6 Å². The first-order valence-electron chi connectivity index (χ1n) is 13.3. The largest absolute Gasteiger partial charge is 0.858 e. The molecular formula is C26H49N5OS. The fourth-order valence-electron chi connectivity index (χ4n) is 3.95. The van der Waals surface area contributed by atoms with Crippen LogP contribution in [0.1, 0.15) is 105 Å². The van der Waals surface area contributed by atoms with E-state index in [1.54, 1.807) is 18.7 Å². The number of nitrogens with zero attached hydrogens (tertiary/aromatic N) is 5. The van der Waals surface area contributed by atoms with Gasteiger partial charge in [-0.1, -0.05) is 78.5 Å². The predicted molar refractivity (Wildman–Crippen MR) is 140 cm³/mol. The van der Waals surface area contributed by atoms with Crippen molar-refractivity contribution in [3.63, 3.8) is 0 Å². The molecule has 0 amide bonds. The lowest BCUT2D eigenvalue weighted by Crippen LogP contribution is -2.50. The van der Waals surface area contributed by atoms with Crippen molar-refractivity contribution in [2.75, 3.05) is 31.9 Å². The molecule has 0 aliphatic heterocycles. The lowest BCUT2D eigenvalue weighted by Gasteiger charge is -2.39. The molecule has 33 heavy (non-hydrogen) atoms. The third kappa shape index (κ3) is 11.1. The number of aromatic nitrogens is 4. The molecule has 0 spiro atoms. The van der Waals surface area contributed by atoms with E-state index in [-0.39, 0.29) is 5.88 Å². The summed E-state index contributed by atoms with van der Waals surface area (Å²) >= 11 is 1.56. The first-order valence-corrected chi connectivity index (χ1v) is 14.3. The molecule has 0 radical (unpaired) electrons. The van der Waals surface area contributed by atoms with Crippen LogP contribution in [0.4, 0.5) is 0 Å². The van der Waals surface area contributed by atoms with Crippen LogP contribution in [0.2, 0.25) is 0 Å². The molecule has 2 rings (SSSR count). The molecule has 2 aromatic rings. The lowest BCUT2D eigenvalue weighted by atomic mass is 10.1. The van der Waals surface area contributed by atoms with E-state index in [0.29, 0.717) is 16.6 Å². The summed E-state index contributed by atoms with van der Waals surface area (Å²) < 4.78 is 2.67. The molecule has 7 heteroatoms. The van der Waals surface area contributed by atoms with Gasteiger partial charge in [-0.2, -0.15) is 4.98 Å². The molecule has 0 unspecified atom stereocenters. The summed E-state index contributed by atoms with van der Waals surface area (Å²) in [6, 6.07) is 1.46. The molecule has 190 valence electrons. The summed E-state index contributed by atoms with van der Waals surface area (Å²) in [5.41, 5.74) is 0.676. The van der Waals surface area contributed by atoms with Gasteiger partial charge in [0.1, 0.15) is 0 Å². The number of hydrogen-bond acceptors (Lipinski definition) is 5. The molecule has 0 saturated heterocycles. The van der Waals surface area contributed by atoms with Gasteiger partial charge in [-0.3, -0.25) is 0 Å². The van der Waals surface area contributed by atoms with Crippen molar-refractivity contribution in [3.8, 4) is 5.88 Å². The number of quaternary nitrogens is 1. The average molecular weight is 480 g/mol. The van der Waals surface area contributed by atoms with Crippen molar-refractivity contribution in [1.29, 1.82) is 0 Å². The minimum Gasteiger partial charge on any atom is -0.858 e. The van der Waals surface area contributed by atoms with E-state index in [4.69, 9.17) is 0 Å². The molecule has 6 nitrogen and oxygen atoms in total. The minimum atomic E-state index is -0.169. The Morgan fingerprint density at radius 3 is 1.73 bits per heavy atom. The average Bonchev–Trinajstić information content (AvgIpc) is 3.22. The minimum absolute atomic E-state index is 0.169. The van der Waals surface area contributed by atoms with Crippen LogP contribution < -0.4 is 5.11 Å². The van der Waals surface area contributed by atoms with Gasteiger partial charge in [0.25, 0.3) is 5.78 Å². The predicted octanol–water partition coefficient (Wildman–Crippen LogP) is 6.40. The molecule has 0 aliphatic rings. The van der Waals surface area contributed by atoms with Gasteiger partial charge in [0.05, 0.1) is 26.2 Å². The Balaban J connectivity index is 0.000000330. The highest BCUT2D eigenvalue weighted by Crippen LogP contribution is 2.18. The van der Waals surface area contributed by atoms with E-state index < -0.39 is 0 Å². The number of thioether (sulfide) groups is 1.